The quantitative estimate of drug-likeness (QED) is 0.178. The number of thiophene rings is 1. The van der Waals surface area contributed by atoms with Crippen LogP contribution in [0, 0.1) is 0 Å². The first-order valence-corrected chi connectivity index (χ1v) is 21.7. The van der Waals surface area contributed by atoms with Gasteiger partial charge in [-0.2, -0.15) is 0 Å². The Morgan fingerprint density at radius 1 is 0.393 bits per heavy atom. The number of hydrogen-bond acceptors (Lipinski definition) is 3. The maximum Gasteiger partial charge on any atom is 0.235 e. The second-order valence-electron chi connectivity index (χ2n) is 16.4. The summed E-state index contributed by atoms with van der Waals surface area (Å²) in [5.41, 5.74) is 17.2. The van der Waals surface area contributed by atoms with Crippen molar-refractivity contribution in [1.82, 2.24) is 14.5 Å². The highest BCUT2D eigenvalue weighted by atomic mass is 32.1. The summed E-state index contributed by atoms with van der Waals surface area (Å²) in [6.07, 6.45) is 0. The number of fused-ring (bicyclic) bond motifs is 10. The van der Waals surface area contributed by atoms with Crippen molar-refractivity contribution >= 4 is 64.2 Å². The summed E-state index contributed by atoms with van der Waals surface area (Å²) in [5.74, 6) is 0.675. The van der Waals surface area contributed by atoms with E-state index in [0.29, 0.717) is 5.95 Å². The molecule has 3 nitrogen and oxygen atoms in total. The lowest BCUT2D eigenvalue weighted by Crippen LogP contribution is -2.30. The van der Waals surface area contributed by atoms with Crippen LogP contribution in [0.5, 0.6) is 0 Å². The average Bonchev–Trinajstić information content (AvgIpc) is 3.98. The van der Waals surface area contributed by atoms with Gasteiger partial charge in [0, 0.05) is 26.4 Å². The predicted molar refractivity (Wildman–Crippen MR) is 254 cm³/mol. The van der Waals surface area contributed by atoms with Crippen LogP contribution < -0.4 is 0 Å². The van der Waals surface area contributed by atoms with E-state index in [1.807, 2.05) is 0 Å². The maximum atomic E-state index is 5.63. The Morgan fingerprint density at radius 2 is 1.03 bits per heavy atom. The van der Waals surface area contributed by atoms with Gasteiger partial charge in [0.1, 0.15) is 0 Å². The molecule has 2 aliphatic rings. The third-order valence-electron chi connectivity index (χ3n) is 13.4. The molecular weight excluding hydrogens is 759 g/mol. The van der Waals surface area contributed by atoms with Gasteiger partial charge in [0.15, 0.2) is 0 Å². The van der Waals surface area contributed by atoms with Gasteiger partial charge in [-0.1, -0.05) is 176 Å². The summed E-state index contributed by atoms with van der Waals surface area (Å²) in [6, 6.07) is 73.6. The summed E-state index contributed by atoms with van der Waals surface area (Å²) in [6.45, 7) is 0. The number of nitrogens with zero attached hydrogens (tertiary/aromatic N) is 3. The SMILES string of the molecule is c1ccc(-c2cc3c4c5c6c(ccc(-c7ccccc7)c6ccc5n(-c5nc(-c6ccccc6)c6sc7ccccc7c6n5)c4c2)C32c3ccccc3-c3ccccc32)cc1. The van der Waals surface area contributed by atoms with Gasteiger partial charge in [-0.05, 0) is 90.7 Å². The molecule has 0 bridgehead atoms. The monoisotopic (exact) mass is 791 g/mol. The fraction of sp³-hybridized carbons (Fsp3) is 0.0175. The molecule has 12 aromatic rings. The molecule has 61 heavy (non-hydrogen) atoms. The predicted octanol–water partition coefficient (Wildman–Crippen LogP) is 14.8. The summed E-state index contributed by atoms with van der Waals surface area (Å²) >= 11 is 1.77. The maximum absolute atomic E-state index is 5.63. The second-order valence-corrected chi connectivity index (χ2v) is 17.4. The van der Waals surface area contributed by atoms with Gasteiger partial charge in [0.05, 0.1) is 32.4 Å². The molecule has 0 fully saturated rings. The van der Waals surface area contributed by atoms with Gasteiger partial charge < -0.3 is 0 Å². The van der Waals surface area contributed by atoms with E-state index in [4.69, 9.17) is 9.97 Å². The van der Waals surface area contributed by atoms with E-state index in [1.165, 1.54) is 81.9 Å². The molecule has 3 heterocycles. The lowest BCUT2D eigenvalue weighted by molar-refractivity contribution is 0.783. The average molecular weight is 792 g/mol. The third kappa shape index (κ3) is 4.31. The normalized spacial score (nSPS) is 13.4. The Bertz CT molecular complexity index is 3760. The highest BCUT2D eigenvalue weighted by Crippen LogP contribution is 2.63. The van der Waals surface area contributed by atoms with E-state index in [1.54, 1.807) is 11.3 Å². The fourth-order valence-corrected chi connectivity index (χ4v) is 12.1. The number of rotatable bonds is 4. The van der Waals surface area contributed by atoms with Crippen molar-refractivity contribution in [1.29, 1.82) is 0 Å². The standard InChI is InChI=1S/C57H33N3S/c1-4-16-34(17-5-1)37-32-46-51-48(33-37)60(56-58-53(36-20-8-3-9-21-36)55-54(59-56)42-24-12-15-27-49(42)61-55)47-31-29-41-38(35-18-6-2-7-19-35)28-30-45(50(41)52(47)51)57(46)43-25-13-10-22-39(43)40-23-11-14-26-44(40)57/h1-33H. The van der Waals surface area contributed by atoms with Gasteiger partial charge in [-0.15, -0.1) is 11.3 Å². The smallest absolute Gasteiger partial charge is 0.235 e. The number of aromatic nitrogens is 3. The zero-order chi connectivity index (χ0) is 39.8. The third-order valence-corrected chi connectivity index (χ3v) is 14.6. The van der Waals surface area contributed by atoms with E-state index in [-0.39, 0.29) is 0 Å². The number of hydrogen-bond donors (Lipinski definition) is 0. The van der Waals surface area contributed by atoms with Crippen LogP contribution in [0.3, 0.4) is 0 Å². The van der Waals surface area contributed by atoms with Gasteiger partial charge in [-0.3, -0.25) is 4.57 Å². The van der Waals surface area contributed by atoms with Crippen molar-refractivity contribution in [2.45, 2.75) is 5.41 Å². The van der Waals surface area contributed by atoms with Crippen molar-refractivity contribution in [3.05, 3.63) is 222 Å². The molecular formula is C57H33N3S. The van der Waals surface area contributed by atoms with Crippen LogP contribution in [0.2, 0.25) is 0 Å². The molecule has 0 amide bonds. The molecule has 1 spiro atoms. The van der Waals surface area contributed by atoms with Gasteiger partial charge in [0.25, 0.3) is 0 Å². The topological polar surface area (TPSA) is 30.7 Å². The van der Waals surface area contributed by atoms with Crippen LogP contribution in [0.15, 0.2) is 200 Å². The van der Waals surface area contributed by atoms with Crippen LogP contribution in [-0.4, -0.2) is 14.5 Å². The van der Waals surface area contributed by atoms with Crippen LogP contribution in [0.1, 0.15) is 22.3 Å². The van der Waals surface area contributed by atoms with Gasteiger partial charge in [0.2, 0.25) is 5.95 Å². The highest BCUT2D eigenvalue weighted by Gasteiger charge is 2.50. The zero-order valence-corrected chi connectivity index (χ0v) is 33.6. The molecule has 0 saturated carbocycles. The van der Waals surface area contributed by atoms with Crippen molar-refractivity contribution in [2.75, 3.05) is 0 Å². The molecule has 3 aromatic heterocycles. The second kappa shape index (κ2) is 12.2. The van der Waals surface area contributed by atoms with Crippen molar-refractivity contribution in [2.24, 2.45) is 0 Å². The first kappa shape index (κ1) is 33.2. The summed E-state index contributed by atoms with van der Waals surface area (Å²) in [4.78, 5) is 11.2. The molecule has 0 radical (unpaired) electrons. The zero-order valence-electron chi connectivity index (χ0n) is 32.8. The van der Waals surface area contributed by atoms with Crippen LogP contribution in [0.25, 0.3) is 103 Å². The molecule has 0 unspecified atom stereocenters. The van der Waals surface area contributed by atoms with E-state index in [9.17, 15) is 0 Å². The minimum Gasteiger partial charge on any atom is -0.278 e. The van der Waals surface area contributed by atoms with Crippen molar-refractivity contribution < 1.29 is 0 Å². The molecule has 4 heteroatoms. The van der Waals surface area contributed by atoms with E-state index in [2.05, 4.69) is 205 Å². The lowest BCUT2D eigenvalue weighted by Gasteiger charge is -2.38. The molecule has 0 atom stereocenters. The Kier molecular flexibility index (Phi) is 6.64. The Balaban J connectivity index is 1.22. The minimum atomic E-state index is -0.583. The first-order valence-electron chi connectivity index (χ1n) is 20.9. The number of benzene rings is 9. The Hall–Kier alpha value is -7.66. The van der Waals surface area contributed by atoms with E-state index >= 15 is 0 Å². The molecule has 0 aliphatic heterocycles. The summed E-state index contributed by atoms with van der Waals surface area (Å²) < 4.78 is 4.69. The summed E-state index contributed by atoms with van der Waals surface area (Å²) in [7, 11) is 0. The molecule has 14 rings (SSSR count). The van der Waals surface area contributed by atoms with Crippen LogP contribution in [0.4, 0.5) is 0 Å². The summed E-state index contributed by atoms with van der Waals surface area (Å²) in [5, 5.41) is 6.20. The molecule has 0 saturated heterocycles. The first-order chi connectivity index (χ1) is 30.3. The van der Waals surface area contributed by atoms with Gasteiger partial charge >= 0.3 is 0 Å². The fourth-order valence-electron chi connectivity index (χ4n) is 11.0. The van der Waals surface area contributed by atoms with E-state index < -0.39 is 5.41 Å². The Morgan fingerprint density at radius 3 is 1.77 bits per heavy atom. The van der Waals surface area contributed by atoms with E-state index in [0.717, 1.165) is 37.9 Å². The van der Waals surface area contributed by atoms with Crippen LogP contribution >= 0.6 is 11.3 Å². The minimum absolute atomic E-state index is 0.583. The Labute approximate surface area is 355 Å². The molecule has 9 aromatic carbocycles. The van der Waals surface area contributed by atoms with Crippen molar-refractivity contribution in [3.63, 3.8) is 0 Å². The molecule has 0 N–H and O–H groups in total. The largest absolute Gasteiger partial charge is 0.278 e. The van der Waals surface area contributed by atoms with Crippen LogP contribution in [-0.2, 0) is 5.41 Å². The van der Waals surface area contributed by atoms with Gasteiger partial charge in [-0.25, -0.2) is 9.97 Å². The van der Waals surface area contributed by atoms with Crippen molar-refractivity contribution in [3.8, 4) is 50.6 Å². The lowest BCUT2D eigenvalue weighted by atomic mass is 9.62. The molecule has 2 aliphatic carbocycles. The highest BCUT2D eigenvalue weighted by molar-refractivity contribution is 7.26. The molecule has 282 valence electrons.